The van der Waals surface area contributed by atoms with E-state index in [2.05, 4.69) is 4.98 Å². The van der Waals surface area contributed by atoms with Crippen LogP contribution in [0.2, 0.25) is 5.15 Å². The molecule has 54 valence electrons. The molecule has 4 nitrogen and oxygen atoms in total. The summed E-state index contributed by atoms with van der Waals surface area (Å²) in [4.78, 5) is 3.58. The Morgan fingerprint density at radius 3 is 2.80 bits per heavy atom. The van der Waals surface area contributed by atoms with Gasteiger partial charge in [0, 0.05) is 12.3 Å². The van der Waals surface area contributed by atoms with Gasteiger partial charge < -0.3 is 5.21 Å². The standard InChI is InChI=1S/C5H5ClN2O2/c6-5-4(8(9)10)2-1-3-7-5/h1-3,8-9H. The van der Waals surface area contributed by atoms with Gasteiger partial charge in [-0.3, -0.25) is 0 Å². The minimum Gasteiger partial charge on any atom is -0.595 e. The van der Waals surface area contributed by atoms with E-state index in [9.17, 15) is 5.21 Å². The van der Waals surface area contributed by atoms with Crippen LogP contribution < -0.4 is 5.23 Å². The average Bonchev–Trinajstić information content (AvgIpc) is 1.88. The van der Waals surface area contributed by atoms with Crippen LogP contribution in [0.15, 0.2) is 18.3 Å². The summed E-state index contributed by atoms with van der Waals surface area (Å²) in [5.74, 6) is 0. The molecule has 1 heterocycles. The third-order valence-electron chi connectivity index (χ3n) is 0.989. The molecule has 10 heavy (non-hydrogen) atoms. The van der Waals surface area contributed by atoms with Crippen molar-refractivity contribution < 1.29 is 10.4 Å². The molecule has 1 unspecified atom stereocenters. The predicted octanol–water partition coefficient (Wildman–Crippen LogP) is 0.138. The lowest BCUT2D eigenvalue weighted by Crippen LogP contribution is -2.99. The SMILES string of the molecule is [O-][NH+](O)c1cccnc1Cl. The molecule has 0 saturated carbocycles. The lowest BCUT2D eigenvalue weighted by molar-refractivity contribution is -0.991. The number of halogens is 1. The molecule has 0 aliphatic heterocycles. The molecule has 1 aromatic rings. The second-order valence-corrected chi connectivity index (χ2v) is 2.00. The highest BCUT2D eigenvalue weighted by atomic mass is 35.5. The number of aromatic nitrogens is 1. The van der Waals surface area contributed by atoms with E-state index in [0.717, 1.165) is 0 Å². The summed E-state index contributed by atoms with van der Waals surface area (Å²) in [7, 11) is 0. The molecule has 0 fully saturated rings. The molecule has 0 aromatic carbocycles. The number of pyridine rings is 1. The number of hydrogen-bond acceptors (Lipinski definition) is 3. The first kappa shape index (κ1) is 7.43. The molecule has 0 spiro atoms. The first-order valence-corrected chi connectivity index (χ1v) is 2.93. The van der Waals surface area contributed by atoms with Gasteiger partial charge in [0.25, 0.3) is 0 Å². The van der Waals surface area contributed by atoms with Gasteiger partial charge in [-0.1, -0.05) is 11.6 Å². The largest absolute Gasteiger partial charge is 0.595 e. The van der Waals surface area contributed by atoms with Crippen molar-refractivity contribution in [1.82, 2.24) is 4.98 Å². The Morgan fingerprint density at radius 1 is 1.70 bits per heavy atom. The fourth-order valence-corrected chi connectivity index (χ4v) is 0.746. The van der Waals surface area contributed by atoms with Crippen molar-refractivity contribution in [3.63, 3.8) is 0 Å². The van der Waals surface area contributed by atoms with Gasteiger partial charge >= 0.3 is 0 Å². The van der Waals surface area contributed by atoms with Crippen molar-refractivity contribution in [2.75, 3.05) is 0 Å². The Hall–Kier alpha value is -0.680. The van der Waals surface area contributed by atoms with Gasteiger partial charge in [0.15, 0.2) is 5.15 Å². The van der Waals surface area contributed by atoms with E-state index < -0.39 is 5.23 Å². The van der Waals surface area contributed by atoms with Gasteiger partial charge in [-0.2, -0.15) is 5.23 Å². The summed E-state index contributed by atoms with van der Waals surface area (Å²) in [6.45, 7) is 0. The molecule has 0 aliphatic carbocycles. The molecule has 0 bridgehead atoms. The molecule has 0 saturated heterocycles. The van der Waals surface area contributed by atoms with Crippen LogP contribution in [0.3, 0.4) is 0 Å². The lowest BCUT2D eigenvalue weighted by atomic mass is 10.4. The van der Waals surface area contributed by atoms with Gasteiger partial charge in [-0.25, -0.2) is 10.2 Å². The number of nitrogens with one attached hydrogen (secondary N) is 1. The highest BCUT2D eigenvalue weighted by Gasteiger charge is 2.04. The molecule has 1 rings (SSSR count). The Bertz CT molecular complexity index is 229. The minimum absolute atomic E-state index is 0.0231. The quantitative estimate of drug-likeness (QED) is 0.454. The van der Waals surface area contributed by atoms with Gasteiger partial charge in [0.2, 0.25) is 5.69 Å². The maximum absolute atomic E-state index is 10.3. The topological polar surface area (TPSA) is 60.6 Å². The Balaban J connectivity index is 3.03. The summed E-state index contributed by atoms with van der Waals surface area (Å²) in [6, 6.07) is 2.92. The monoisotopic (exact) mass is 160 g/mol. The molecule has 2 N–H and O–H groups in total. The highest BCUT2D eigenvalue weighted by Crippen LogP contribution is 2.11. The molecular formula is C5H5ClN2O2. The van der Waals surface area contributed by atoms with Crippen molar-refractivity contribution >= 4 is 17.3 Å². The zero-order chi connectivity index (χ0) is 7.56. The highest BCUT2D eigenvalue weighted by molar-refractivity contribution is 6.31. The van der Waals surface area contributed by atoms with E-state index >= 15 is 0 Å². The summed E-state index contributed by atoms with van der Waals surface area (Å²) in [5, 5.41) is 17.7. The molecular weight excluding hydrogens is 156 g/mol. The van der Waals surface area contributed by atoms with E-state index in [1.165, 1.54) is 18.3 Å². The van der Waals surface area contributed by atoms with Crippen molar-refractivity contribution in [1.29, 1.82) is 0 Å². The van der Waals surface area contributed by atoms with Crippen LogP contribution >= 0.6 is 11.6 Å². The van der Waals surface area contributed by atoms with Gasteiger partial charge in [0.1, 0.15) is 0 Å². The first-order chi connectivity index (χ1) is 4.72. The smallest absolute Gasteiger partial charge is 0.201 e. The summed E-state index contributed by atoms with van der Waals surface area (Å²) < 4.78 is 0. The van der Waals surface area contributed by atoms with E-state index in [1.807, 2.05) is 0 Å². The van der Waals surface area contributed by atoms with Crippen LogP contribution in [-0.2, 0) is 0 Å². The minimum atomic E-state index is -1.06. The summed E-state index contributed by atoms with van der Waals surface area (Å²) >= 11 is 5.43. The lowest BCUT2D eigenvalue weighted by Gasteiger charge is -2.10. The number of hydrogen-bond donors (Lipinski definition) is 2. The fourth-order valence-electron chi connectivity index (χ4n) is 0.546. The Morgan fingerprint density at radius 2 is 2.40 bits per heavy atom. The first-order valence-electron chi connectivity index (χ1n) is 2.55. The number of quaternary nitrogens is 1. The van der Waals surface area contributed by atoms with E-state index in [4.69, 9.17) is 16.8 Å². The van der Waals surface area contributed by atoms with E-state index in [-0.39, 0.29) is 10.8 Å². The van der Waals surface area contributed by atoms with Crippen LogP contribution in [0.5, 0.6) is 0 Å². The van der Waals surface area contributed by atoms with Gasteiger partial charge in [0.05, 0.1) is 0 Å². The third kappa shape index (κ3) is 1.43. The average molecular weight is 161 g/mol. The molecule has 5 heteroatoms. The van der Waals surface area contributed by atoms with Crippen molar-refractivity contribution in [3.05, 3.63) is 28.7 Å². The Kier molecular flexibility index (Phi) is 2.18. The maximum atomic E-state index is 10.3. The molecule has 0 amide bonds. The van der Waals surface area contributed by atoms with Crippen LogP contribution in [-0.4, -0.2) is 10.2 Å². The molecule has 0 aliphatic rings. The second-order valence-electron chi connectivity index (χ2n) is 1.65. The third-order valence-corrected chi connectivity index (χ3v) is 1.29. The predicted molar refractivity (Wildman–Crippen MR) is 35.0 cm³/mol. The van der Waals surface area contributed by atoms with Crippen LogP contribution in [0.1, 0.15) is 0 Å². The van der Waals surface area contributed by atoms with Crippen molar-refractivity contribution in [2.24, 2.45) is 0 Å². The zero-order valence-corrected chi connectivity index (χ0v) is 5.67. The van der Waals surface area contributed by atoms with Crippen LogP contribution in [0.25, 0.3) is 0 Å². The molecule has 1 aromatic heterocycles. The van der Waals surface area contributed by atoms with Crippen LogP contribution in [0.4, 0.5) is 5.69 Å². The van der Waals surface area contributed by atoms with Gasteiger partial charge in [-0.15, -0.1) is 0 Å². The second kappa shape index (κ2) is 2.94. The normalized spacial score (nSPS) is 13.1. The number of nitrogens with zero attached hydrogens (tertiary/aromatic N) is 1. The molecule has 0 radical (unpaired) electrons. The summed E-state index contributed by atoms with van der Waals surface area (Å²) in [6.07, 6.45) is 1.44. The fraction of sp³-hybridized carbons (Fsp3) is 0. The van der Waals surface area contributed by atoms with Crippen molar-refractivity contribution in [3.8, 4) is 0 Å². The maximum Gasteiger partial charge on any atom is 0.201 e. The van der Waals surface area contributed by atoms with Gasteiger partial charge in [-0.05, 0) is 6.07 Å². The summed E-state index contributed by atoms with van der Waals surface area (Å²) in [5.41, 5.74) is 0.0316. The van der Waals surface area contributed by atoms with E-state index in [0.29, 0.717) is 0 Å². The number of rotatable bonds is 1. The molecule has 1 atom stereocenters. The zero-order valence-electron chi connectivity index (χ0n) is 4.91. The Labute approximate surface area is 62.2 Å². The van der Waals surface area contributed by atoms with Crippen molar-refractivity contribution in [2.45, 2.75) is 0 Å². The van der Waals surface area contributed by atoms with E-state index in [1.54, 1.807) is 0 Å². The van der Waals surface area contributed by atoms with Crippen LogP contribution in [0, 0.1) is 5.21 Å².